The van der Waals surface area contributed by atoms with Crippen molar-refractivity contribution in [3.63, 3.8) is 0 Å². The third-order valence-corrected chi connectivity index (χ3v) is 11.1. The molecule has 0 aliphatic carbocycles. The number of para-hydroxylation sites is 2. The van der Waals surface area contributed by atoms with E-state index in [1.807, 2.05) is 6.92 Å². The summed E-state index contributed by atoms with van der Waals surface area (Å²) >= 11 is 0. The van der Waals surface area contributed by atoms with Crippen molar-refractivity contribution in [2.24, 2.45) is 4.99 Å². The zero-order valence-corrected chi connectivity index (χ0v) is 30.3. The van der Waals surface area contributed by atoms with Crippen molar-refractivity contribution in [3.8, 4) is 0 Å². The second kappa shape index (κ2) is 14.8. The lowest BCUT2D eigenvalue weighted by molar-refractivity contribution is -0.139. The molecule has 1 aliphatic heterocycles. The number of carbonyl (C=O) groups excluding carboxylic acids is 3. The molecule has 1 fully saturated rings. The highest BCUT2D eigenvalue weighted by Gasteiger charge is 2.40. The number of aliphatic carboxylic acids is 1. The van der Waals surface area contributed by atoms with Crippen LogP contribution in [0, 0.1) is 20.8 Å². The van der Waals surface area contributed by atoms with Crippen LogP contribution in [-0.4, -0.2) is 76.2 Å². The quantitative estimate of drug-likeness (QED) is 0.157. The molecule has 2 atom stereocenters. The maximum absolute atomic E-state index is 14.8. The second-order valence-corrected chi connectivity index (χ2v) is 14.5. The average molecular weight is 736 g/mol. The molecular formula is C39H37N5O8S. The number of hydrogen-bond donors (Lipinski definition) is 2. The predicted molar refractivity (Wildman–Crippen MR) is 198 cm³/mol. The Hall–Kier alpha value is -6.15. The van der Waals surface area contributed by atoms with Gasteiger partial charge in [0, 0.05) is 40.9 Å². The summed E-state index contributed by atoms with van der Waals surface area (Å²) in [6.07, 6.45) is 0.00492. The van der Waals surface area contributed by atoms with E-state index in [1.165, 1.54) is 6.20 Å². The molecule has 53 heavy (non-hydrogen) atoms. The zero-order chi connectivity index (χ0) is 38.0. The summed E-state index contributed by atoms with van der Waals surface area (Å²) < 4.78 is 35.8. The van der Waals surface area contributed by atoms with Gasteiger partial charge in [-0.15, -0.1) is 0 Å². The molecule has 0 bridgehead atoms. The monoisotopic (exact) mass is 735 g/mol. The largest absolute Gasteiger partial charge is 0.480 e. The normalized spacial score (nSPS) is 14.5. The fourth-order valence-corrected chi connectivity index (χ4v) is 8.83. The van der Waals surface area contributed by atoms with E-state index in [0.29, 0.717) is 27.8 Å². The van der Waals surface area contributed by atoms with Crippen LogP contribution in [0.15, 0.2) is 101 Å². The van der Waals surface area contributed by atoms with Crippen molar-refractivity contribution in [2.75, 3.05) is 18.5 Å². The predicted octanol–water partition coefficient (Wildman–Crippen LogP) is 5.87. The van der Waals surface area contributed by atoms with Crippen LogP contribution < -0.4 is 5.32 Å². The molecule has 1 aliphatic rings. The van der Waals surface area contributed by atoms with Gasteiger partial charge in [0.1, 0.15) is 12.3 Å². The first kappa shape index (κ1) is 36.6. The molecule has 14 heteroatoms. The Balaban J connectivity index is 1.53. The first-order valence-corrected chi connectivity index (χ1v) is 18.2. The number of anilines is 1. The molecule has 3 amide bonds. The fraction of sp³-hybridized carbons (Fsp3) is 0.231. The minimum Gasteiger partial charge on any atom is -0.480 e. The highest BCUT2D eigenvalue weighted by atomic mass is 32.2. The van der Waals surface area contributed by atoms with Gasteiger partial charge in [-0.3, -0.25) is 19.6 Å². The van der Waals surface area contributed by atoms with Crippen molar-refractivity contribution in [1.29, 1.82) is 0 Å². The minimum absolute atomic E-state index is 0.00724. The number of carboxylic acid groups (broad SMARTS) is 1. The average Bonchev–Trinajstić information content (AvgIpc) is 3.73. The maximum atomic E-state index is 14.8. The van der Waals surface area contributed by atoms with E-state index in [1.54, 1.807) is 106 Å². The van der Waals surface area contributed by atoms with Crippen LogP contribution in [0.5, 0.6) is 0 Å². The van der Waals surface area contributed by atoms with E-state index in [4.69, 9.17) is 4.74 Å². The maximum Gasteiger partial charge on any atom is 0.416 e. The molecule has 0 spiro atoms. The molecular weight excluding hydrogens is 699 g/mol. The summed E-state index contributed by atoms with van der Waals surface area (Å²) in [5.41, 5.74) is 3.16. The summed E-state index contributed by atoms with van der Waals surface area (Å²) in [6, 6.07) is 21.6. The van der Waals surface area contributed by atoms with Gasteiger partial charge < -0.3 is 15.2 Å². The number of ether oxygens (including phenoxy) is 1. The van der Waals surface area contributed by atoms with Gasteiger partial charge in [0.25, 0.3) is 15.9 Å². The van der Waals surface area contributed by atoms with Crippen LogP contribution in [0.3, 0.4) is 0 Å². The van der Waals surface area contributed by atoms with Crippen LogP contribution >= 0.6 is 0 Å². The molecule has 0 saturated carbocycles. The number of nitrogens with zero attached hydrogens (tertiary/aromatic N) is 4. The number of carbonyl (C=O) groups is 4. The van der Waals surface area contributed by atoms with E-state index in [9.17, 15) is 32.7 Å². The molecule has 2 N–H and O–H groups in total. The standard InChI is InChI=1S/C39H37N5O8S/c1-23-19-24(2)36(25(3)20-23)53(50,51)44-32-15-8-5-11-27(32)21-33(44)29(22-34(45)43-17-18-52-39(43)49)35(38(47)48)41-26(4)28-12-6-7-13-30(28)42-37(46)31-14-9-10-16-40-31/h5-16,19-21,29,35H,17-18,22H2,1-4H3,(H,42,46)(H,47,48)/t29-,35+/m1/s1. The molecule has 3 aromatic carbocycles. The third-order valence-electron chi connectivity index (χ3n) is 9.06. The molecule has 1 saturated heterocycles. The van der Waals surface area contributed by atoms with Gasteiger partial charge in [0.2, 0.25) is 5.91 Å². The lowest BCUT2D eigenvalue weighted by Gasteiger charge is -2.25. The van der Waals surface area contributed by atoms with Crippen molar-refractivity contribution in [1.82, 2.24) is 13.9 Å². The number of benzene rings is 3. The number of cyclic esters (lactones) is 1. The van der Waals surface area contributed by atoms with Gasteiger partial charge in [0.05, 0.1) is 22.6 Å². The van der Waals surface area contributed by atoms with E-state index < -0.39 is 52.3 Å². The number of carboxylic acids is 1. The van der Waals surface area contributed by atoms with Crippen LogP contribution in [0.1, 0.15) is 57.7 Å². The molecule has 2 aromatic heterocycles. The van der Waals surface area contributed by atoms with E-state index >= 15 is 0 Å². The summed E-state index contributed by atoms with van der Waals surface area (Å²) in [6.45, 7) is 6.72. The Labute approximate surface area is 306 Å². The minimum atomic E-state index is -4.42. The number of nitrogens with one attached hydrogen (secondary N) is 1. The smallest absolute Gasteiger partial charge is 0.416 e. The van der Waals surface area contributed by atoms with Gasteiger partial charge in [-0.2, -0.15) is 0 Å². The lowest BCUT2D eigenvalue weighted by atomic mass is 9.91. The number of aromatic nitrogens is 2. The Morgan fingerprint density at radius 2 is 1.64 bits per heavy atom. The number of rotatable bonds is 11. The molecule has 0 radical (unpaired) electrons. The van der Waals surface area contributed by atoms with Gasteiger partial charge in [-0.25, -0.2) is 26.9 Å². The number of aryl methyl sites for hydroxylation is 3. The van der Waals surface area contributed by atoms with Crippen LogP contribution in [-0.2, 0) is 24.3 Å². The molecule has 13 nitrogen and oxygen atoms in total. The number of imide groups is 1. The zero-order valence-electron chi connectivity index (χ0n) is 29.4. The van der Waals surface area contributed by atoms with Crippen LogP contribution in [0.2, 0.25) is 0 Å². The Bertz CT molecular complexity index is 2380. The summed E-state index contributed by atoms with van der Waals surface area (Å²) in [5, 5.41) is 14.1. The molecule has 272 valence electrons. The van der Waals surface area contributed by atoms with Gasteiger partial charge >= 0.3 is 12.1 Å². The summed E-state index contributed by atoms with van der Waals surface area (Å²) in [4.78, 5) is 62.3. The van der Waals surface area contributed by atoms with E-state index in [-0.39, 0.29) is 40.7 Å². The SMILES string of the molecule is CC(=N[C@H](C(=O)O)[C@H](CC(=O)N1CCOC1=O)c1cc2ccccc2n1S(=O)(=O)c1c(C)cc(C)cc1C)c1ccccc1NC(=O)c1ccccn1. The first-order valence-electron chi connectivity index (χ1n) is 16.8. The highest BCUT2D eigenvalue weighted by Crippen LogP contribution is 2.37. The summed E-state index contributed by atoms with van der Waals surface area (Å²) in [5.74, 6) is -4.11. The Morgan fingerprint density at radius 3 is 2.30 bits per heavy atom. The number of hydrogen-bond acceptors (Lipinski definition) is 9. The van der Waals surface area contributed by atoms with E-state index in [0.717, 1.165) is 14.4 Å². The Kier molecular flexibility index (Phi) is 10.3. The van der Waals surface area contributed by atoms with Crippen molar-refractivity contribution in [3.05, 3.63) is 125 Å². The van der Waals surface area contributed by atoms with E-state index in [2.05, 4.69) is 15.3 Å². The highest BCUT2D eigenvalue weighted by molar-refractivity contribution is 7.90. The molecule has 5 aromatic rings. The number of pyridine rings is 1. The molecule has 6 rings (SSSR count). The number of fused-ring (bicyclic) bond motifs is 1. The summed E-state index contributed by atoms with van der Waals surface area (Å²) in [7, 11) is -4.42. The Morgan fingerprint density at radius 1 is 0.962 bits per heavy atom. The van der Waals surface area contributed by atoms with Gasteiger partial charge in [0.15, 0.2) is 6.04 Å². The van der Waals surface area contributed by atoms with Gasteiger partial charge in [-0.05, 0) is 69.2 Å². The van der Waals surface area contributed by atoms with Crippen molar-refractivity contribution >= 4 is 56.2 Å². The molecule has 3 heterocycles. The number of aliphatic imine (C=N–C) groups is 1. The second-order valence-electron chi connectivity index (χ2n) is 12.8. The van der Waals surface area contributed by atoms with Gasteiger partial charge in [-0.1, -0.05) is 60.2 Å². The van der Waals surface area contributed by atoms with Crippen LogP contribution in [0.4, 0.5) is 10.5 Å². The third kappa shape index (κ3) is 7.31. The number of amides is 3. The van der Waals surface area contributed by atoms with Crippen LogP contribution in [0.25, 0.3) is 10.9 Å². The molecule has 0 unspecified atom stereocenters. The first-order chi connectivity index (χ1) is 25.3. The van der Waals surface area contributed by atoms with Crippen molar-refractivity contribution in [2.45, 2.75) is 51.0 Å². The van der Waals surface area contributed by atoms with Crippen molar-refractivity contribution < 1.29 is 37.4 Å². The fourth-order valence-electron chi connectivity index (χ4n) is 6.83. The topological polar surface area (TPSA) is 177 Å². The lowest BCUT2D eigenvalue weighted by Crippen LogP contribution is -2.37.